The van der Waals surface area contributed by atoms with Crippen LogP contribution in [0.4, 0.5) is 0 Å². The summed E-state index contributed by atoms with van der Waals surface area (Å²) in [5.74, 6) is 1.09. The molecule has 0 aromatic heterocycles. The van der Waals surface area contributed by atoms with Gasteiger partial charge in [0.15, 0.2) is 5.96 Å². The molecule has 0 aromatic rings. The van der Waals surface area contributed by atoms with Crippen LogP contribution in [0.15, 0.2) is 4.99 Å². The first kappa shape index (κ1) is 19.0. The summed E-state index contributed by atoms with van der Waals surface area (Å²) in [6.45, 7) is 14.3. The van der Waals surface area contributed by atoms with E-state index in [2.05, 4.69) is 47.8 Å². The van der Waals surface area contributed by atoms with E-state index < -0.39 is 0 Å². The van der Waals surface area contributed by atoms with Gasteiger partial charge in [-0.25, -0.2) is 0 Å². The Morgan fingerprint density at radius 1 is 1.16 bits per heavy atom. The van der Waals surface area contributed by atoms with E-state index in [1.807, 2.05) is 7.05 Å². The highest BCUT2D eigenvalue weighted by Gasteiger charge is 2.41. The molecular weight excluding hydrogens is 312 g/mol. The average Bonchev–Trinajstić information content (AvgIpc) is 3.18. The monoisotopic (exact) mass is 350 g/mol. The highest BCUT2D eigenvalue weighted by molar-refractivity contribution is 5.80. The molecule has 0 radical (unpaired) electrons. The fourth-order valence-corrected chi connectivity index (χ4v) is 5.06. The van der Waals surface area contributed by atoms with Crippen LogP contribution < -0.4 is 5.32 Å². The van der Waals surface area contributed by atoms with Crippen LogP contribution in [-0.2, 0) is 4.74 Å². The molecule has 25 heavy (non-hydrogen) atoms. The van der Waals surface area contributed by atoms with E-state index in [4.69, 9.17) is 4.74 Å². The van der Waals surface area contributed by atoms with Gasteiger partial charge in [-0.05, 0) is 52.4 Å². The van der Waals surface area contributed by atoms with Crippen LogP contribution >= 0.6 is 0 Å². The summed E-state index contributed by atoms with van der Waals surface area (Å²) in [4.78, 5) is 9.65. The number of aliphatic imine (C=N–C) groups is 1. The van der Waals surface area contributed by atoms with Gasteiger partial charge in [-0.3, -0.25) is 9.89 Å². The number of likely N-dealkylation sites (tertiary alicyclic amines) is 1. The topological polar surface area (TPSA) is 40.1 Å². The van der Waals surface area contributed by atoms with Crippen LogP contribution in [-0.4, -0.2) is 73.3 Å². The van der Waals surface area contributed by atoms with Crippen molar-refractivity contribution in [3.05, 3.63) is 0 Å². The number of hydrogen-bond acceptors (Lipinski definition) is 3. The first-order valence-corrected chi connectivity index (χ1v) is 10.2. The number of guanidine groups is 1. The van der Waals surface area contributed by atoms with E-state index in [1.165, 1.54) is 38.6 Å². The molecule has 2 saturated heterocycles. The Morgan fingerprint density at radius 3 is 2.40 bits per heavy atom. The van der Waals surface area contributed by atoms with Crippen molar-refractivity contribution in [1.29, 1.82) is 0 Å². The van der Waals surface area contributed by atoms with Crippen molar-refractivity contribution >= 4 is 5.96 Å². The molecule has 1 spiro atoms. The molecule has 3 rings (SSSR count). The lowest BCUT2D eigenvalue weighted by Crippen LogP contribution is -2.59. The third-order valence-corrected chi connectivity index (χ3v) is 6.57. The van der Waals surface area contributed by atoms with Crippen LogP contribution in [0, 0.1) is 5.41 Å². The van der Waals surface area contributed by atoms with E-state index in [1.54, 1.807) is 0 Å². The minimum absolute atomic E-state index is 0.0903. The summed E-state index contributed by atoms with van der Waals surface area (Å²) in [6.07, 6.45) is 7.62. The van der Waals surface area contributed by atoms with Gasteiger partial charge in [-0.1, -0.05) is 12.8 Å². The number of nitrogens with one attached hydrogen (secondary N) is 1. The predicted octanol–water partition coefficient (Wildman–Crippen LogP) is 2.72. The lowest BCUT2D eigenvalue weighted by molar-refractivity contribution is -0.0947. The highest BCUT2D eigenvalue weighted by atomic mass is 16.5. The quantitative estimate of drug-likeness (QED) is 0.628. The Bertz CT molecular complexity index is 474. The largest absolute Gasteiger partial charge is 0.373 e. The number of nitrogens with zero attached hydrogens (tertiary/aromatic N) is 3. The van der Waals surface area contributed by atoms with Gasteiger partial charge in [0.05, 0.1) is 12.2 Å². The van der Waals surface area contributed by atoms with E-state index in [-0.39, 0.29) is 5.54 Å². The van der Waals surface area contributed by atoms with E-state index in [9.17, 15) is 0 Å². The second-order valence-electron chi connectivity index (χ2n) is 9.25. The molecule has 2 atom stereocenters. The fraction of sp³-hybridized carbons (Fsp3) is 0.950. The van der Waals surface area contributed by atoms with Gasteiger partial charge in [0.2, 0.25) is 0 Å². The van der Waals surface area contributed by atoms with E-state index in [0.717, 1.165) is 32.1 Å². The van der Waals surface area contributed by atoms with Crippen LogP contribution in [0.1, 0.15) is 59.8 Å². The number of hydrogen-bond donors (Lipinski definition) is 1. The Morgan fingerprint density at radius 2 is 1.80 bits per heavy atom. The van der Waals surface area contributed by atoms with Gasteiger partial charge in [0.1, 0.15) is 0 Å². The summed E-state index contributed by atoms with van der Waals surface area (Å²) in [7, 11) is 1.92. The predicted molar refractivity (Wildman–Crippen MR) is 104 cm³/mol. The maximum Gasteiger partial charge on any atom is 0.193 e. The third kappa shape index (κ3) is 4.30. The molecule has 0 amide bonds. The van der Waals surface area contributed by atoms with Crippen LogP contribution in [0.5, 0.6) is 0 Å². The molecule has 0 bridgehead atoms. The van der Waals surface area contributed by atoms with E-state index in [0.29, 0.717) is 17.6 Å². The number of rotatable bonds is 3. The molecule has 1 aliphatic carbocycles. The second-order valence-corrected chi connectivity index (χ2v) is 9.25. The zero-order valence-electron chi connectivity index (χ0n) is 17.0. The Kier molecular flexibility index (Phi) is 5.64. The Balaban J connectivity index is 1.55. The minimum atomic E-state index is 0.0903. The zero-order valence-corrected chi connectivity index (χ0v) is 17.0. The first-order valence-electron chi connectivity index (χ1n) is 10.2. The molecule has 3 aliphatic rings. The lowest BCUT2D eigenvalue weighted by Gasteiger charge is -2.45. The smallest absolute Gasteiger partial charge is 0.193 e. The summed E-state index contributed by atoms with van der Waals surface area (Å²) in [6, 6.07) is 0. The third-order valence-electron chi connectivity index (χ3n) is 6.57. The standard InChI is InChI=1S/C20H38N4O/c1-16-12-24(13-17(2)25-16)19(3,4)14-22-18(21-5)23-11-10-20(15-23)8-6-7-9-20/h16-17H,6-15H2,1-5H3,(H,21,22). The maximum atomic E-state index is 5.90. The van der Waals surface area contributed by atoms with Crippen molar-refractivity contribution in [2.45, 2.75) is 77.5 Å². The van der Waals surface area contributed by atoms with Crippen molar-refractivity contribution in [2.75, 3.05) is 39.8 Å². The van der Waals surface area contributed by atoms with Crippen molar-refractivity contribution in [1.82, 2.24) is 15.1 Å². The van der Waals surface area contributed by atoms with Gasteiger partial charge >= 0.3 is 0 Å². The number of morpholine rings is 1. The first-order chi connectivity index (χ1) is 11.8. The Labute approximate surface area is 154 Å². The van der Waals surface area contributed by atoms with Crippen LogP contribution in [0.2, 0.25) is 0 Å². The molecule has 2 unspecified atom stereocenters. The Hall–Kier alpha value is -0.810. The van der Waals surface area contributed by atoms with Gasteiger partial charge in [0.25, 0.3) is 0 Å². The van der Waals surface area contributed by atoms with Crippen molar-refractivity contribution < 1.29 is 4.74 Å². The highest BCUT2D eigenvalue weighted by Crippen LogP contribution is 2.45. The van der Waals surface area contributed by atoms with Crippen LogP contribution in [0.25, 0.3) is 0 Å². The van der Waals surface area contributed by atoms with Crippen molar-refractivity contribution in [3.63, 3.8) is 0 Å². The van der Waals surface area contributed by atoms with Gasteiger partial charge < -0.3 is 15.0 Å². The minimum Gasteiger partial charge on any atom is -0.373 e. The zero-order chi connectivity index (χ0) is 18.1. The molecule has 3 fully saturated rings. The van der Waals surface area contributed by atoms with E-state index >= 15 is 0 Å². The van der Waals surface area contributed by atoms with Crippen molar-refractivity contribution in [3.8, 4) is 0 Å². The normalized spacial score (nSPS) is 31.1. The SMILES string of the molecule is CN=C(NCC(C)(C)N1CC(C)OC(C)C1)N1CCC2(CCCC2)C1. The summed E-state index contributed by atoms with van der Waals surface area (Å²) in [5.41, 5.74) is 0.676. The summed E-state index contributed by atoms with van der Waals surface area (Å²) in [5, 5.41) is 3.68. The lowest BCUT2D eigenvalue weighted by atomic mass is 9.86. The second kappa shape index (κ2) is 7.43. The molecule has 0 aromatic carbocycles. The fourth-order valence-electron chi connectivity index (χ4n) is 5.06. The summed E-state index contributed by atoms with van der Waals surface area (Å²) >= 11 is 0. The molecule has 2 heterocycles. The molecule has 2 aliphatic heterocycles. The molecular formula is C20H38N4O. The molecule has 5 nitrogen and oxygen atoms in total. The molecule has 144 valence electrons. The maximum absolute atomic E-state index is 5.90. The number of ether oxygens (including phenoxy) is 1. The summed E-state index contributed by atoms with van der Waals surface area (Å²) < 4.78 is 5.90. The van der Waals surface area contributed by atoms with Crippen molar-refractivity contribution in [2.24, 2.45) is 10.4 Å². The van der Waals surface area contributed by atoms with Gasteiger partial charge in [-0.15, -0.1) is 0 Å². The van der Waals surface area contributed by atoms with Gasteiger partial charge in [0, 0.05) is 45.3 Å². The average molecular weight is 351 g/mol. The molecule has 5 heteroatoms. The molecule has 1 N–H and O–H groups in total. The molecule has 1 saturated carbocycles. The van der Waals surface area contributed by atoms with Crippen LogP contribution in [0.3, 0.4) is 0 Å². The van der Waals surface area contributed by atoms with Gasteiger partial charge in [-0.2, -0.15) is 0 Å².